The first-order valence-corrected chi connectivity index (χ1v) is 7.78. The number of hydrogen-bond donors (Lipinski definition) is 0. The van der Waals surface area contributed by atoms with Crippen LogP contribution in [-0.4, -0.2) is 35.7 Å². The molecule has 1 aromatic rings. The zero-order chi connectivity index (χ0) is 16.1. The van der Waals surface area contributed by atoms with Gasteiger partial charge in [-0.25, -0.2) is 4.39 Å². The second-order valence-corrected chi connectivity index (χ2v) is 5.92. The molecule has 1 amide bonds. The van der Waals surface area contributed by atoms with E-state index in [1.54, 1.807) is 12.1 Å². The molecule has 1 aromatic carbocycles. The highest BCUT2D eigenvalue weighted by Gasteiger charge is 2.27. The van der Waals surface area contributed by atoms with Gasteiger partial charge in [-0.1, -0.05) is 38.1 Å². The van der Waals surface area contributed by atoms with E-state index in [-0.39, 0.29) is 23.7 Å². The monoisotopic (exact) mass is 306 g/mol. The van der Waals surface area contributed by atoms with Crippen molar-refractivity contribution >= 4 is 11.6 Å². The first-order chi connectivity index (χ1) is 10.5. The lowest BCUT2D eigenvalue weighted by molar-refractivity contribution is -0.136. The van der Waals surface area contributed by atoms with Gasteiger partial charge >= 0.3 is 0 Å². The number of amides is 1. The van der Waals surface area contributed by atoms with Gasteiger partial charge in [0.25, 0.3) is 0 Å². The fourth-order valence-corrected chi connectivity index (χ4v) is 2.51. The van der Waals surface area contributed by atoms with Crippen LogP contribution < -0.4 is 0 Å². The highest BCUT2D eigenvalue weighted by molar-refractivity contribution is 6.01. The van der Waals surface area contributed by atoms with Crippen molar-refractivity contribution in [1.82, 2.24) is 4.90 Å². The third-order valence-electron chi connectivity index (χ3n) is 3.63. The van der Waals surface area contributed by atoms with Gasteiger partial charge in [-0.15, -0.1) is 0 Å². The molecule has 4 nitrogen and oxygen atoms in total. The van der Waals surface area contributed by atoms with Crippen molar-refractivity contribution in [2.24, 2.45) is 11.1 Å². The van der Waals surface area contributed by atoms with Crippen molar-refractivity contribution in [1.29, 1.82) is 0 Å². The molecule has 0 aliphatic carbocycles. The molecule has 0 aromatic heterocycles. The molecule has 0 N–H and O–H groups in total. The van der Waals surface area contributed by atoms with Crippen LogP contribution in [0.3, 0.4) is 0 Å². The molecule has 0 spiro atoms. The van der Waals surface area contributed by atoms with Gasteiger partial charge in [0.2, 0.25) is 5.91 Å². The lowest BCUT2D eigenvalue weighted by Crippen LogP contribution is -2.40. The number of hydrogen-bond acceptors (Lipinski definition) is 3. The van der Waals surface area contributed by atoms with Gasteiger partial charge in [-0.05, 0) is 24.1 Å². The molecule has 0 bridgehead atoms. The van der Waals surface area contributed by atoms with Crippen molar-refractivity contribution in [2.45, 2.75) is 39.7 Å². The molecule has 1 aliphatic heterocycles. The van der Waals surface area contributed by atoms with E-state index < -0.39 is 0 Å². The second kappa shape index (κ2) is 7.38. The van der Waals surface area contributed by atoms with Gasteiger partial charge in [0.15, 0.2) is 6.10 Å². The van der Waals surface area contributed by atoms with Gasteiger partial charge < -0.3 is 9.74 Å². The maximum atomic E-state index is 13.0. The van der Waals surface area contributed by atoms with Crippen molar-refractivity contribution in [3.63, 3.8) is 0 Å². The maximum absolute atomic E-state index is 13.0. The Kier molecular flexibility index (Phi) is 5.52. The molecule has 0 radical (unpaired) electrons. The summed E-state index contributed by atoms with van der Waals surface area (Å²) in [6.07, 6.45) is 1.42. The minimum Gasteiger partial charge on any atom is -0.390 e. The molecule has 1 heterocycles. The molecular weight excluding hydrogens is 283 g/mol. The molecule has 0 fully saturated rings. The Labute approximate surface area is 130 Å². The lowest BCUT2D eigenvalue weighted by atomic mass is 10.0. The number of carbonyl (C=O) groups is 1. The first-order valence-electron chi connectivity index (χ1n) is 7.78. The summed E-state index contributed by atoms with van der Waals surface area (Å²) in [5, 5.41) is 4.09. The second-order valence-electron chi connectivity index (χ2n) is 5.92. The fourth-order valence-electron chi connectivity index (χ4n) is 2.51. The third-order valence-corrected chi connectivity index (χ3v) is 3.63. The number of oxime groups is 1. The Balaban J connectivity index is 1.96. The molecule has 0 saturated heterocycles. The number of carbonyl (C=O) groups excluding carboxylic acids is 1. The van der Waals surface area contributed by atoms with Crippen LogP contribution in [0.25, 0.3) is 0 Å². The minimum atomic E-state index is -0.267. The van der Waals surface area contributed by atoms with E-state index >= 15 is 0 Å². The van der Waals surface area contributed by atoms with E-state index in [0.717, 1.165) is 24.2 Å². The quantitative estimate of drug-likeness (QED) is 0.810. The SMILES string of the molecule is CCCN(C[C@H]1CC(c2ccc(F)cc2)=NO1)C(=O)C(C)C. The molecule has 0 unspecified atom stereocenters. The molecule has 0 saturated carbocycles. The van der Waals surface area contributed by atoms with Gasteiger partial charge in [-0.3, -0.25) is 4.79 Å². The first kappa shape index (κ1) is 16.5. The zero-order valence-electron chi connectivity index (χ0n) is 13.4. The normalized spacial score (nSPS) is 17.3. The van der Waals surface area contributed by atoms with Gasteiger partial charge in [-0.2, -0.15) is 0 Å². The van der Waals surface area contributed by atoms with Gasteiger partial charge in [0, 0.05) is 18.9 Å². The Morgan fingerprint density at radius 1 is 1.41 bits per heavy atom. The van der Waals surface area contributed by atoms with E-state index in [2.05, 4.69) is 12.1 Å². The van der Waals surface area contributed by atoms with Crippen molar-refractivity contribution in [3.8, 4) is 0 Å². The van der Waals surface area contributed by atoms with E-state index in [1.165, 1.54) is 12.1 Å². The fraction of sp³-hybridized carbons (Fsp3) is 0.529. The van der Waals surface area contributed by atoms with E-state index in [4.69, 9.17) is 4.84 Å². The smallest absolute Gasteiger partial charge is 0.225 e. The van der Waals surface area contributed by atoms with Crippen molar-refractivity contribution < 1.29 is 14.0 Å². The topological polar surface area (TPSA) is 41.9 Å². The predicted molar refractivity (Wildman–Crippen MR) is 84.1 cm³/mol. The number of nitrogens with zero attached hydrogens (tertiary/aromatic N) is 2. The van der Waals surface area contributed by atoms with E-state index in [9.17, 15) is 9.18 Å². The molecule has 1 atom stereocenters. The zero-order valence-corrected chi connectivity index (χ0v) is 13.4. The summed E-state index contributed by atoms with van der Waals surface area (Å²) < 4.78 is 13.0. The van der Waals surface area contributed by atoms with Crippen LogP contribution in [-0.2, 0) is 9.63 Å². The Morgan fingerprint density at radius 3 is 2.68 bits per heavy atom. The van der Waals surface area contributed by atoms with Crippen LogP contribution in [0.4, 0.5) is 4.39 Å². The van der Waals surface area contributed by atoms with Crippen molar-refractivity contribution in [3.05, 3.63) is 35.6 Å². The summed E-state index contributed by atoms with van der Waals surface area (Å²) >= 11 is 0. The van der Waals surface area contributed by atoms with Crippen LogP contribution in [0.2, 0.25) is 0 Å². The molecule has 120 valence electrons. The molecule has 22 heavy (non-hydrogen) atoms. The van der Waals surface area contributed by atoms with Crippen LogP contribution in [0.15, 0.2) is 29.4 Å². The summed E-state index contributed by atoms with van der Waals surface area (Å²) in [5.74, 6) is -0.150. The Hall–Kier alpha value is -1.91. The van der Waals surface area contributed by atoms with E-state index in [1.807, 2.05) is 18.7 Å². The summed E-state index contributed by atoms with van der Waals surface area (Å²) in [5.41, 5.74) is 1.67. The molecule has 2 rings (SSSR count). The van der Waals surface area contributed by atoms with Crippen molar-refractivity contribution in [2.75, 3.05) is 13.1 Å². The number of benzene rings is 1. The average Bonchev–Trinajstić information content (AvgIpc) is 2.95. The summed E-state index contributed by atoms with van der Waals surface area (Å²) in [6.45, 7) is 7.13. The van der Waals surface area contributed by atoms with E-state index in [0.29, 0.717) is 13.0 Å². The maximum Gasteiger partial charge on any atom is 0.225 e. The highest BCUT2D eigenvalue weighted by atomic mass is 19.1. The summed E-state index contributed by atoms with van der Waals surface area (Å²) in [7, 11) is 0. The van der Waals surface area contributed by atoms with Crippen LogP contribution in [0, 0.1) is 11.7 Å². The molecule has 5 heteroatoms. The Morgan fingerprint density at radius 2 is 2.09 bits per heavy atom. The summed E-state index contributed by atoms with van der Waals surface area (Å²) in [4.78, 5) is 19.5. The Bertz CT molecular complexity index is 540. The van der Waals surface area contributed by atoms with Gasteiger partial charge in [0.05, 0.1) is 12.3 Å². The molecular formula is C17H23FN2O2. The standard InChI is InChI=1S/C17H23FN2O2/c1-4-9-20(17(21)12(2)3)11-15-10-16(19-22-15)13-5-7-14(18)8-6-13/h5-8,12,15H,4,9-11H2,1-3H3/t15-/m1/s1. The largest absolute Gasteiger partial charge is 0.390 e. The third kappa shape index (κ3) is 4.06. The molecule has 1 aliphatic rings. The van der Waals surface area contributed by atoms with Crippen LogP contribution >= 0.6 is 0 Å². The minimum absolute atomic E-state index is 0.0227. The van der Waals surface area contributed by atoms with Crippen LogP contribution in [0.1, 0.15) is 39.2 Å². The average molecular weight is 306 g/mol. The van der Waals surface area contributed by atoms with Crippen LogP contribution in [0.5, 0.6) is 0 Å². The number of rotatable bonds is 6. The number of halogens is 1. The highest BCUT2D eigenvalue weighted by Crippen LogP contribution is 2.19. The van der Waals surface area contributed by atoms with Gasteiger partial charge in [0.1, 0.15) is 5.82 Å². The lowest BCUT2D eigenvalue weighted by Gasteiger charge is -2.26. The predicted octanol–water partition coefficient (Wildman–Crippen LogP) is 3.21. The summed E-state index contributed by atoms with van der Waals surface area (Å²) in [6, 6.07) is 6.22.